The first kappa shape index (κ1) is 30.1. The molecule has 0 fully saturated rings. The third-order valence-electron chi connectivity index (χ3n) is 7.03. The van der Waals surface area contributed by atoms with Crippen LogP contribution in [0.5, 0.6) is 0 Å². The minimum atomic E-state index is -1.45. The molecule has 0 saturated carbocycles. The first-order valence-corrected chi connectivity index (χ1v) is 18.7. The van der Waals surface area contributed by atoms with E-state index in [4.69, 9.17) is 2.74 Å². The van der Waals surface area contributed by atoms with Crippen LogP contribution in [0.3, 0.4) is 0 Å². The SMILES string of the molecule is Cc1cc(-c2[c-]cccc2)ncc1[Si](C)(C)C.[2H]C([2H])(c1ccnc(-c2[c-]ccc3c2sc2cc(C)ccc23)c1)C(C)(C)C.[Ir]. The fourth-order valence-electron chi connectivity index (χ4n) is 5.16. The monoisotopic (exact) mass is 779 g/mol. The molecular weight excluding hydrogens is 737 g/mol. The predicted octanol–water partition coefficient (Wildman–Crippen LogP) is 10.2. The summed E-state index contributed by atoms with van der Waals surface area (Å²) in [5, 5.41) is 3.89. The molecule has 5 heteroatoms. The second kappa shape index (κ2) is 13.4. The van der Waals surface area contributed by atoms with Gasteiger partial charge in [0.1, 0.15) is 0 Å². The van der Waals surface area contributed by atoms with Gasteiger partial charge in [-0.1, -0.05) is 81.2 Å². The van der Waals surface area contributed by atoms with Gasteiger partial charge in [-0.25, -0.2) is 0 Å². The number of hydrogen-bond acceptors (Lipinski definition) is 3. The fraction of sp³-hybridized carbons (Fsp3) is 0.263. The van der Waals surface area contributed by atoms with Gasteiger partial charge in [-0.3, -0.25) is 0 Å². The number of thiophene rings is 1. The van der Waals surface area contributed by atoms with E-state index in [0.29, 0.717) is 5.56 Å². The summed E-state index contributed by atoms with van der Waals surface area (Å²) in [5.41, 5.74) is 6.55. The third kappa shape index (κ3) is 7.96. The van der Waals surface area contributed by atoms with Crippen LogP contribution >= 0.6 is 11.3 Å². The third-order valence-corrected chi connectivity index (χ3v) is 10.4. The summed E-state index contributed by atoms with van der Waals surface area (Å²) < 4.78 is 19.6. The molecule has 0 unspecified atom stereocenters. The van der Waals surface area contributed by atoms with Crippen LogP contribution in [0.1, 0.15) is 40.2 Å². The number of hydrogen-bond donors (Lipinski definition) is 0. The van der Waals surface area contributed by atoms with E-state index in [2.05, 4.69) is 98.2 Å². The van der Waals surface area contributed by atoms with Crippen molar-refractivity contribution in [3.8, 4) is 22.5 Å². The quantitative estimate of drug-likeness (QED) is 0.132. The van der Waals surface area contributed by atoms with Gasteiger partial charge in [0.25, 0.3) is 0 Å². The van der Waals surface area contributed by atoms with Gasteiger partial charge in [0.2, 0.25) is 0 Å². The number of nitrogens with zero attached hydrogens (tertiary/aromatic N) is 2. The van der Waals surface area contributed by atoms with E-state index < -0.39 is 19.9 Å². The molecule has 2 nitrogen and oxygen atoms in total. The fourth-order valence-corrected chi connectivity index (χ4v) is 8.17. The molecule has 0 amide bonds. The maximum absolute atomic E-state index is 8.58. The van der Waals surface area contributed by atoms with Gasteiger partial charge in [0, 0.05) is 39.9 Å². The molecule has 0 bridgehead atoms. The molecule has 223 valence electrons. The van der Waals surface area contributed by atoms with Gasteiger partial charge < -0.3 is 9.97 Å². The minimum Gasteiger partial charge on any atom is -0.305 e. The Bertz CT molecular complexity index is 1940. The van der Waals surface area contributed by atoms with Crippen LogP contribution in [0.15, 0.2) is 85.2 Å². The second-order valence-corrected chi connectivity index (χ2v) is 19.0. The van der Waals surface area contributed by atoms with Gasteiger partial charge in [-0.15, -0.1) is 59.7 Å². The average molecular weight is 779 g/mol. The molecule has 43 heavy (non-hydrogen) atoms. The Kier molecular flexibility index (Phi) is 9.35. The number of aryl methyl sites for hydroxylation is 2. The van der Waals surface area contributed by atoms with Gasteiger partial charge in [-0.2, -0.15) is 11.3 Å². The molecule has 0 N–H and O–H groups in total. The summed E-state index contributed by atoms with van der Waals surface area (Å²) in [7, 11) is -1.27. The van der Waals surface area contributed by atoms with Crippen molar-refractivity contribution in [2.45, 2.75) is 60.6 Å². The summed E-state index contributed by atoms with van der Waals surface area (Å²) in [6, 6.07) is 31.0. The topological polar surface area (TPSA) is 25.8 Å². The Hall–Kier alpha value is -2.95. The zero-order valence-corrected chi connectivity index (χ0v) is 30.4. The first-order valence-electron chi connectivity index (χ1n) is 15.4. The number of benzene rings is 3. The number of fused-ring (bicyclic) bond motifs is 3. The van der Waals surface area contributed by atoms with Crippen LogP contribution in [-0.4, -0.2) is 18.0 Å². The molecule has 3 heterocycles. The van der Waals surface area contributed by atoms with E-state index in [1.807, 2.05) is 51.1 Å². The Morgan fingerprint density at radius 3 is 2.33 bits per heavy atom. The van der Waals surface area contributed by atoms with Gasteiger partial charge >= 0.3 is 0 Å². The molecule has 6 rings (SSSR count). The number of rotatable bonds is 4. The Morgan fingerprint density at radius 2 is 1.65 bits per heavy atom. The van der Waals surface area contributed by atoms with E-state index in [1.54, 1.807) is 23.6 Å². The van der Waals surface area contributed by atoms with Crippen molar-refractivity contribution in [3.05, 3.63) is 114 Å². The van der Waals surface area contributed by atoms with E-state index in [9.17, 15) is 0 Å². The van der Waals surface area contributed by atoms with Crippen molar-refractivity contribution in [3.63, 3.8) is 0 Å². The van der Waals surface area contributed by atoms with Crippen LogP contribution in [0, 0.1) is 31.4 Å². The molecule has 0 saturated heterocycles. The second-order valence-electron chi connectivity index (χ2n) is 12.9. The summed E-state index contributed by atoms with van der Waals surface area (Å²) in [6.45, 7) is 17.1. The van der Waals surface area contributed by atoms with Crippen molar-refractivity contribution < 1.29 is 22.8 Å². The summed E-state index contributed by atoms with van der Waals surface area (Å²) in [5.74, 6) is 0. The van der Waals surface area contributed by atoms with Gasteiger partial charge in [0.15, 0.2) is 0 Å². The summed E-state index contributed by atoms with van der Waals surface area (Å²) >= 11 is 1.75. The number of pyridine rings is 2. The van der Waals surface area contributed by atoms with E-state index in [0.717, 1.165) is 27.2 Å². The Morgan fingerprint density at radius 1 is 0.860 bits per heavy atom. The van der Waals surface area contributed by atoms with Crippen molar-refractivity contribution in [2.24, 2.45) is 5.41 Å². The Labute approximate surface area is 278 Å². The van der Waals surface area contributed by atoms with Crippen molar-refractivity contribution >= 4 is 44.8 Å². The van der Waals surface area contributed by atoms with E-state index in [-0.39, 0.29) is 20.1 Å². The van der Waals surface area contributed by atoms with E-state index >= 15 is 0 Å². The molecule has 3 aromatic carbocycles. The zero-order valence-electron chi connectivity index (χ0n) is 28.2. The van der Waals surface area contributed by atoms with Crippen molar-refractivity contribution in [1.29, 1.82) is 0 Å². The maximum atomic E-state index is 8.58. The van der Waals surface area contributed by atoms with Crippen LogP contribution in [0.4, 0.5) is 0 Å². The molecule has 0 atom stereocenters. The predicted molar refractivity (Wildman–Crippen MR) is 186 cm³/mol. The van der Waals surface area contributed by atoms with Crippen LogP contribution in [0.25, 0.3) is 42.7 Å². The first-order chi connectivity index (χ1) is 20.7. The zero-order chi connectivity index (χ0) is 31.9. The molecular formula is C38H40IrN2SSi-2. The number of aromatic nitrogens is 2. The van der Waals surface area contributed by atoms with Gasteiger partial charge in [-0.05, 0) is 70.0 Å². The standard InChI is InChI=1S/C23H22NS.C15H18NSi.Ir/c1-15-8-9-17-18-6-5-7-19(22(18)25-21(17)12-15)20-13-16(10-11-24-20)14-23(2,3)4;1-12-10-14(13-8-6-5-7-9-13)16-11-15(12)17(2,3)4;/h5-6,8-13H,14H2,1-4H3;5-8,10-11H,1-4H3;/q2*-1;/i14D2;;. The summed E-state index contributed by atoms with van der Waals surface area (Å²) in [6.07, 6.45) is 2.31. The van der Waals surface area contributed by atoms with Crippen LogP contribution in [-0.2, 0) is 26.5 Å². The normalized spacial score (nSPS) is 12.7. The molecule has 3 aromatic heterocycles. The van der Waals surface area contributed by atoms with Crippen LogP contribution in [0.2, 0.25) is 19.6 Å². The van der Waals surface area contributed by atoms with Crippen molar-refractivity contribution in [1.82, 2.24) is 9.97 Å². The molecule has 0 aliphatic carbocycles. The average Bonchev–Trinajstić information content (AvgIpc) is 3.34. The molecule has 0 spiro atoms. The van der Waals surface area contributed by atoms with Crippen LogP contribution < -0.4 is 5.19 Å². The molecule has 0 aliphatic heterocycles. The molecule has 6 aromatic rings. The maximum Gasteiger partial charge on any atom is 0.0798 e. The molecule has 1 radical (unpaired) electrons. The smallest absolute Gasteiger partial charge is 0.0798 e. The van der Waals surface area contributed by atoms with Crippen molar-refractivity contribution in [2.75, 3.05) is 0 Å². The molecule has 0 aliphatic rings. The minimum absolute atomic E-state index is 0. The van der Waals surface area contributed by atoms with Gasteiger partial charge in [0.05, 0.1) is 8.07 Å². The van der Waals surface area contributed by atoms with E-state index in [1.165, 1.54) is 31.8 Å². The summed E-state index contributed by atoms with van der Waals surface area (Å²) in [4.78, 5) is 9.13. The Balaban J connectivity index is 0.000000222. The largest absolute Gasteiger partial charge is 0.305 e.